The molecule has 3 rings (SSSR count). The molecule has 2 aromatic rings. The lowest BCUT2D eigenvalue weighted by molar-refractivity contribution is -0.140. The number of aryl methyl sites for hydroxylation is 1. The molecule has 2 N–H and O–H groups in total. The van der Waals surface area contributed by atoms with Crippen molar-refractivity contribution in [2.45, 2.75) is 34.1 Å². The smallest absolute Gasteiger partial charge is 0.307 e. The SMILES string of the molecule is CCc1c(NC(=O)[C@@H]2[C@H](C(=O)O)C2(C)C)cnn1-c1ccccc1C. The Labute approximate surface area is 146 Å². The number of aliphatic carboxylic acids is 1. The van der Waals surface area contributed by atoms with Gasteiger partial charge in [-0.1, -0.05) is 39.0 Å². The highest BCUT2D eigenvalue weighted by atomic mass is 16.4. The van der Waals surface area contributed by atoms with Crippen molar-refractivity contribution < 1.29 is 14.7 Å². The van der Waals surface area contributed by atoms with Crippen LogP contribution < -0.4 is 5.32 Å². The van der Waals surface area contributed by atoms with Crippen LogP contribution >= 0.6 is 0 Å². The highest BCUT2D eigenvalue weighted by molar-refractivity contribution is 6.00. The van der Waals surface area contributed by atoms with Crippen LogP contribution in [0.25, 0.3) is 5.69 Å². The molecule has 0 bridgehead atoms. The molecule has 1 aromatic heterocycles. The van der Waals surface area contributed by atoms with Crippen molar-refractivity contribution in [2.24, 2.45) is 17.3 Å². The van der Waals surface area contributed by atoms with Gasteiger partial charge in [0.25, 0.3) is 0 Å². The summed E-state index contributed by atoms with van der Waals surface area (Å²) in [5.41, 5.74) is 3.08. The lowest BCUT2D eigenvalue weighted by atomic mass is 10.1. The average Bonchev–Trinajstić information content (AvgIpc) is 2.94. The number of carboxylic acids is 1. The molecule has 2 atom stereocenters. The maximum Gasteiger partial charge on any atom is 0.307 e. The molecule has 0 aliphatic heterocycles. The molecule has 1 amide bonds. The first-order valence-corrected chi connectivity index (χ1v) is 8.45. The number of nitrogens with zero attached hydrogens (tertiary/aromatic N) is 2. The highest BCUT2D eigenvalue weighted by Crippen LogP contribution is 2.58. The van der Waals surface area contributed by atoms with Crippen molar-refractivity contribution in [1.82, 2.24) is 9.78 Å². The number of hydrogen-bond acceptors (Lipinski definition) is 3. The van der Waals surface area contributed by atoms with Crippen molar-refractivity contribution in [2.75, 3.05) is 5.32 Å². The Bertz CT molecular complexity index is 838. The van der Waals surface area contributed by atoms with Crippen molar-refractivity contribution in [3.8, 4) is 5.69 Å². The topological polar surface area (TPSA) is 84.2 Å². The number of rotatable bonds is 5. The third-order valence-electron chi connectivity index (χ3n) is 5.18. The Morgan fingerprint density at radius 3 is 2.52 bits per heavy atom. The van der Waals surface area contributed by atoms with Gasteiger partial charge in [-0.15, -0.1) is 0 Å². The first kappa shape index (κ1) is 17.2. The minimum Gasteiger partial charge on any atom is -0.481 e. The van der Waals surface area contributed by atoms with Crippen LogP contribution in [0.3, 0.4) is 0 Å². The molecule has 1 aliphatic carbocycles. The minimum atomic E-state index is -0.920. The largest absolute Gasteiger partial charge is 0.481 e. The van der Waals surface area contributed by atoms with E-state index in [-0.39, 0.29) is 5.91 Å². The van der Waals surface area contributed by atoms with Gasteiger partial charge in [-0.2, -0.15) is 5.10 Å². The van der Waals surface area contributed by atoms with E-state index in [2.05, 4.69) is 10.4 Å². The summed E-state index contributed by atoms with van der Waals surface area (Å²) < 4.78 is 1.83. The van der Waals surface area contributed by atoms with Crippen LogP contribution in [0.5, 0.6) is 0 Å². The van der Waals surface area contributed by atoms with Gasteiger partial charge in [-0.25, -0.2) is 4.68 Å². The maximum absolute atomic E-state index is 12.6. The molecule has 132 valence electrons. The number of aromatic nitrogens is 2. The number of carboxylic acid groups (broad SMARTS) is 1. The summed E-state index contributed by atoms with van der Waals surface area (Å²) in [6, 6.07) is 7.92. The molecule has 6 heteroatoms. The molecule has 1 aliphatic rings. The normalized spacial score (nSPS) is 21.0. The van der Waals surface area contributed by atoms with Gasteiger partial charge in [0, 0.05) is 0 Å². The maximum atomic E-state index is 12.6. The zero-order valence-electron chi connectivity index (χ0n) is 14.9. The molecule has 0 spiro atoms. The van der Waals surface area contributed by atoms with Crippen LogP contribution in [0.4, 0.5) is 5.69 Å². The second kappa shape index (κ2) is 6.02. The molecule has 0 saturated heterocycles. The van der Waals surface area contributed by atoms with Crippen molar-refractivity contribution in [3.63, 3.8) is 0 Å². The Morgan fingerprint density at radius 2 is 1.96 bits per heavy atom. The Balaban J connectivity index is 1.87. The zero-order valence-corrected chi connectivity index (χ0v) is 14.9. The molecule has 0 radical (unpaired) electrons. The number of anilines is 1. The molecule has 1 aromatic carbocycles. The second-order valence-electron chi connectivity index (χ2n) is 7.16. The molecule has 1 heterocycles. The van der Waals surface area contributed by atoms with Crippen molar-refractivity contribution >= 4 is 17.6 Å². The first-order valence-electron chi connectivity index (χ1n) is 8.45. The van der Waals surface area contributed by atoms with Crippen LogP contribution in [0.1, 0.15) is 32.0 Å². The monoisotopic (exact) mass is 341 g/mol. The summed E-state index contributed by atoms with van der Waals surface area (Å²) >= 11 is 0. The van der Waals surface area contributed by atoms with Crippen molar-refractivity contribution in [3.05, 3.63) is 41.7 Å². The fraction of sp³-hybridized carbons (Fsp3) is 0.421. The van der Waals surface area contributed by atoms with Gasteiger partial charge in [0.05, 0.1) is 35.1 Å². The lowest BCUT2D eigenvalue weighted by Crippen LogP contribution is -2.18. The Morgan fingerprint density at radius 1 is 1.28 bits per heavy atom. The molecule has 25 heavy (non-hydrogen) atoms. The van der Waals surface area contributed by atoms with E-state index in [0.717, 1.165) is 16.9 Å². The van der Waals surface area contributed by atoms with Gasteiger partial charge in [-0.05, 0) is 30.4 Å². The van der Waals surface area contributed by atoms with Gasteiger partial charge in [0.2, 0.25) is 5.91 Å². The van der Waals surface area contributed by atoms with Crippen LogP contribution in [0.2, 0.25) is 0 Å². The van der Waals surface area contributed by atoms with Crippen LogP contribution in [-0.2, 0) is 16.0 Å². The van der Waals surface area contributed by atoms with E-state index in [9.17, 15) is 14.7 Å². The van der Waals surface area contributed by atoms with E-state index in [1.54, 1.807) is 6.20 Å². The third-order valence-corrected chi connectivity index (χ3v) is 5.18. The van der Waals surface area contributed by atoms with E-state index in [0.29, 0.717) is 12.1 Å². The summed E-state index contributed by atoms with van der Waals surface area (Å²) in [6.45, 7) is 7.64. The fourth-order valence-corrected chi connectivity index (χ4v) is 3.63. The molecule has 1 fully saturated rings. The average molecular weight is 341 g/mol. The van der Waals surface area contributed by atoms with Gasteiger partial charge < -0.3 is 10.4 Å². The molecule has 0 unspecified atom stereocenters. The summed E-state index contributed by atoms with van der Waals surface area (Å²) in [5, 5.41) is 16.6. The predicted octanol–water partition coefficient (Wildman–Crippen LogP) is 3.04. The molecule has 6 nitrogen and oxygen atoms in total. The fourth-order valence-electron chi connectivity index (χ4n) is 3.63. The zero-order chi connectivity index (χ0) is 18.4. The highest BCUT2D eigenvalue weighted by Gasteiger charge is 2.65. The lowest BCUT2D eigenvalue weighted by Gasteiger charge is -2.11. The van der Waals surface area contributed by atoms with Gasteiger partial charge in [-0.3, -0.25) is 9.59 Å². The predicted molar refractivity (Wildman–Crippen MR) is 94.7 cm³/mol. The second-order valence-corrected chi connectivity index (χ2v) is 7.16. The number of benzene rings is 1. The number of para-hydroxylation sites is 1. The molecular weight excluding hydrogens is 318 g/mol. The van der Waals surface area contributed by atoms with E-state index >= 15 is 0 Å². The number of nitrogens with one attached hydrogen (secondary N) is 1. The summed E-state index contributed by atoms with van der Waals surface area (Å²) in [6.07, 6.45) is 2.33. The summed E-state index contributed by atoms with van der Waals surface area (Å²) in [4.78, 5) is 23.9. The number of hydrogen-bond donors (Lipinski definition) is 2. The van der Waals surface area contributed by atoms with Crippen LogP contribution in [0, 0.1) is 24.2 Å². The number of carbonyl (C=O) groups excluding carboxylic acids is 1. The van der Waals surface area contributed by atoms with E-state index in [1.165, 1.54) is 0 Å². The van der Waals surface area contributed by atoms with Gasteiger partial charge in [0.15, 0.2) is 0 Å². The summed E-state index contributed by atoms with van der Waals surface area (Å²) in [7, 11) is 0. The van der Waals surface area contributed by atoms with E-state index in [4.69, 9.17) is 0 Å². The Kier molecular flexibility index (Phi) is 4.14. The summed E-state index contributed by atoms with van der Waals surface area (Å²) in [5.74, 6) is -2.33. The van der Waals surface area contributed by atoms with Gasteiger partial charge >= 0.3 is 5.97 Å². The first-order chi connectivity index (χ1) is 11.8. The number of carbonyl (C=O) groups is 2. The van der Waals surface area contributed by atoms with E-state index < -0.39 is 23.2 Å². The third kappa shape index (κ3) is 2.81. The van der Waals surface area contributed by atoms with E-state index in [1.807, 2.05) is 56.6 Å². The number of amides is 1. The molecular formula is C19H23N3O3. The quantitative estimate of drug-likeness (QED) is 0.875. The minimum absolute atomic E-state index is 0.253. The standard InChI is InChI=1S/C19H23N3O3/c1-5-13-12(10-20-22(13)14-9-7-6-8-11(14)2)21-17(23)15-16(18(24)25)19(15,3)4/h6-10,15-16H,5H2,1-4H3,(H,21,23)(H,24,25)/t15-,16+/m0/s1. The molecule has 1 saturated carbocycles. The van der Waals surface area contributed by atoms with Crippen LogP contribution in [0.15, 0.2) is 30.5 Å². The Hall–Kier alpha value is -2.63. The van der Waals surface area contributed by atoms with Gasteiger partial charge in [0.1, 0.15) is 0 Å². The van der Waals surface area contributed by atoms with Crippen LogP contribution in [-0.4, -0.2) is 26.8 Å². The van der Waals surface area contributed by atoms with Crippen molar-refractivity contribution in [1.29, 1.82) is 0 Å².